The van der Waals surface area contributed by atoms with E-state index >= 15 is 0 Å². The Morgan fingerprint density at radius 3 is 2.12 bits per heavy atom. The molecular weight excluding hydrogens is 251 g/mol. The van der Waals surface area contributed by atoms with Crippen molar-refractivity contribution < 1.29 is 31.5 Å². The zero-order valence-corrected chi connectivity index (χ0v) is 8.48. The largest absolute Gasteiger partial charge is 0.459 e. The molecule has 0 bridgehead atoms. The van der Waals surface area contributed by atoms with E-state index in [9.17, 15) is 17.6 Å². The molecule has 0 saturated carbocycles. The van der Waals surface area contributed by atoms with Gasteiger partial charge in [-0.05, 0) is 0 Å². The predicted octanol–water partition coefficient (Wildman–Crippen LogP) is 3.00. The van der Waals surface area contributed by atoms with Gasteiger partial charge >= 0.3 is 8.60 Å². The maximum Gasteiger partial charge on any atom is 0.459 e. The molecular formula is C8H5F4O3P. The number of halogens is 4. The molecule has 0 spiro atoms. The van der Waals surface area contributed by atoms with Crippen LogP contribution in [0.3, 0.4) is 0 Å². The van der Waals surface area contributed by atoms with Gasteiger partial charge in [0.15, 0.2) is 11.6 Å². The monoisotopic (exact) mass is 256 g/mol. The van der Waals surface area contributed by atoms with Crippen LogP contribution in [0.2, 0.25) is 0 Å². The third kappa shape index (κ3) is 2.62. The summed E-state index contributed by atoms with van der Waals surface area (Å²) in [6.07, 6.45) is 0.747. The van der Waals surface area contributed by atoms with Crippen molar-refractivity contribution >= 4 is 8.60 Å². The smallest absolute Gasteiger partial charge is 0.426 e. The Labute approximate surface area is 88.9 Å². The Balaban J connectivity index is 3.07. The Hall–Kier alpha value is -1.33. The number of benzene rings is 1. The van der Waals surface area contributed by atoms with Crippen molar-refractivity contribution in [2.24, 2.45) is 0 Å². The molecule has 1 unspecified atom stereocenters. The van der Waals surface area contributed by atoms with Crippen LogP contribution < -0.4 is 4.52 Å². The number of hydrogen-bond donors (Lipinski definition) is 1. The van der Waals surface area contributed by atoms with E-state index in [-0.39, 0.29) is 6.07 Å². The van der Waals surface area contributed by atoms with Crippen LogP contribution in [0.4, 0.5) is 17.6 Å². The molecule has 0 radical (unpaired) electrons. The fourth-order valence-corrected chi connectivity index (χ4v) is 1.28. The molecule has 0 fully saturated rings. The van der Waals surface area contributed by atoms with E-state index in [1.54, 1.807) is 0 Å². The first kappa shape index (κ1) is 12.7. The third-order valence-corrected chi connectivity index (χ3v) is 2.07. The lowest BCUT2D eigenvalue weighted by Gasteiger charge is -2.11. The molecule has 0 heterocycles. The summed E-state index contributed by atoms with van der Waals surface area (Å²) in [5.41, 5.74) is 0. The van der Waals surface area contributed by atoms with Crippen LogP contribution in [0.15, 0.2) is 18.9 Å². The van der Waals surface area contributed by atoms with E-state index in [2.05, 4.69) is 15.6 Å². The SMILES string of the molecule is C=COP(O)Oc1c(F)c(F)cc(F)c1F. The highest BCUT2D eigenvalue weighted by atomic mass is 31.2. The fraction of sp³-hybridized carbons (Fsp3) is 0. The summed E-state index contributed by atoms with van der Waals surface area (Å²) in [6, 6.07) is 0.0194. The molecule has 0 saturated heterocycles. The van der Waals surface area contributed by atoms with E-state index in [1.807, 2.05) is 0 Å². The minimum Gasteiger partial charge on any atom is -0.426 e. The van der Waals surface area contributed by atoms with Gasteiger partial charge in [-0.15, -0.1) is 0 Å². The van der Waals surface area contributed by atoms with Gasteiger partial charge in [-0.2, -0.15) is 8.78 Å². The molecule has 0 aromatic heterocycles. The summed E-state index contributed by atoms with van der Waals surface area (Å²) in [6.45, 7) is 3.04. The topological polar surface area (TPSA) is 38.7 Å². The van der Waals surface area contributed by atoms with Gasteiger partial charge in [0.1, 0.15) is 0 Å². The van der Waals surface area contributed by atoms with Gasteiger partial charge < -0.3 is 13.9 Å². The van der Waals surface area contributed by atoms with Gasteiger partial charge in [0.05, 0.1) is 6.26 Å². The van der Waals surface area contributed by atoms with E-state index < -0.39 is 37.6 Å². The number of rotatable bonds is 4. The van der Waals surface area contributed by atoms with Gasteiger partial charge in [-0.25, -0.2) is 8.78 Å². The fourth-order valence-electron chi connectivity index (χ4n) is 0.795. The Kier molecular flexibility index (Phi) is 4.09. The van der Waals surface area contributed by atoms with Crippen molar-refractivity contribution in [1.29, 1.82) is 0 Å². The number of hydrogen-bond acceptors (Lipinski definition) is 3. The molecule has 1 N–H and O–H groups in total. The average molecular weight is 256 g/mol. The second-order valence-electron chi connectivity index (χ2n) is 2.40. The summed E-state index contributed by atoms with van der Waals surface area (Å²) in [5, 5.41) is 0. The molecule has 8 heteroatoms. The predicted molar refractivity (Wildman–Crippen MR) is 47.3 cm³/mol. The molecule has 0 aliphatic carbocycles. The summed E-state index contributed by atoms with van der Waals surface area (Å²) in [5.74, 6) is -8.18. The molecule has 1 atom stereocenters. The normalized spacial score (nSPS) is 12.1. The van der Waals surface area contributed by atoms with Gasteiger partial charge in [0.2, 0.25) is 17.4 Å². The second-order valence-corrected chi connectivity index (χ2v) is 3.27. The van der Waals surface area contributed by atoms with Gasteiger partial charge in [-0.1, -0.05) is 6.58 Å². The summed E-state index contributed by atoms with van der Waals surface area (Å²) < 4.78 is 59.6. The Morgan fingerprint density at radius 2 is 1.69 bits per heavy atom. The highest BCUT2D eigenvalue weighted by Crippen LogP contribution is 2.38. The lowest BCUT2D eigenvalue weighted by atomic mass is 10.3. The van der Waals surface area contributed by atoms with Crippen LogP contribution in [0, 0.1) is 23.3 Å². The van der Waals surface area contributed by atoms with Crippen molar-refractivity contribution in [2.45, 2.75) is 0 Å². The molecule has 0 aliphatic heterocycles. The molecule has 0 aliphatic rings. The Morgan fingerprint density at radius 1 is 1.19 bits per heavy atom. The van der Waals surface area contributed by atoms with Crippen molar-refractivity contribution in [2.75, 3.05) is 0 Å². The lowest BCUT2D eigenvalue weighted by molar-refractivity contribution is 0.322. The van der Waals surface area contributed by atoms with E-state index in [4.69, 9.17) is 4.89 Å². The van der Waals surface area contributed by atoms with Crippen LogP contribution >= 0.6 is 8.60 Å². The van der Waals surface area contributed by atoms with E-state index in [1.165, 1.54) is 0 Å². The molecule has 3 nitrogen and oxygen atoms in total. The lowest BCUT2D eigenvalue weighted by Crippen LogP contribution is -2.00. The maximum absolute atomic E-state index is 13.0. The van der Waals surface area contributed by atoms with Crippen LogP contribution in [-0.2, 0) is 4.52 Å². The first-order chi connectivity index (χ1) is 7.47. The van der Waals surface area contributed by atoms with Crippen LogP contribution in [0.1, 0.15) is 0 Å². The summed E-state index contributed by atoms with van der Waals surface area (Å²) >= 11 is 0. The van der Waals surface area contributed by atoms with Crippen LogP contribution in [0.25, 0.3) is 0 Å². The minimum atomic E-state index is -2.75. The molecule has 88 valence electrons. The van der Waals surface area contributed by atoms with Gasteiger partial charge in [0.25, 0.3) is 0 Å². The van der Waals surface area contributed by atoms with Crippen molar-refractivity contribution in [3.8, 4) is 5.75 Å². The molecule has 1 aromatic carbocycles. The first-order valence-corrected chi connectivity index (χ1v) is 4.88. The zero-order chi connectivity index (χ0) is 12.3. The van der Waals surface area contributed by atoms with E-state index in [0.717, 1.165) is 6.26 Å². The first-order valence-electron chi connectivity index (χ1n) is 3.75. The average Bonchev–Trinajstić information content (AvgIpc) is 2.22. The summed E-state index contributed by atoms with van der Waals surface area (Å²) in [4.78, 5) is 8.90. The summed E-state index contributed by atoms with van der Waals surface area (Å²) in [7, 11) is -2.75. The quantitative estimate of drug-likeness (QED) is 0.389. The highest BCUT2D eigenvalue weighted by molar-refractivity contribution is 7.41. The highest BCUT2D eigenvalue weighted by Gasteiger charge is 2.24. The second kappa shape index (κ2) is 5.14. The standard InChI is InChI=1S/C8H5F4O3P/c1-2-14-16(13)15-8-6(11)4(9)3-5(10)7(8)12/h2-3,13H,1H2. The van der Waals surface area contributed by atoms with Crippen LogP contribution in [-0.4, -0.2) is 4.89 Å². The van der Waals surface area contributed by atoms with E-state index in [0.29, 0.717) is 0 Å². The van der Waals surface area contributed by atoms with Gasteiger partial charge in [0, 0.05) is 6.07 Å². The zero-order valence-electron chi connectivity index (χ0n) is 7.58. The van der Waals surface area contributed by atoms with Crippen LogP contribution in [0.5, 0.6) is 5.75 Å². The molecule has 16 heavy (non-hydrogen) atoms. The minimum absolute atomic E-state index is 0.0194. The van der Waals surface area contributed by atoms with Gasteiger partial charge in [-0.3, -0.25) is 0 Å². The van der Waals surface area contributed by atoms with Crippen molar-refractivity contribution in [3.63, 3.8) is 0 Å². The molecule has 1 aromatic rings. The third-order valence-electron chi connectivity index (χ3n) is 1.41. The van der Waals surface area contributed by atoms with Crippen molar-refractivity contribution in [3.05, 3.63) is 42.2 Å². The Bertz CT molecular complexity index is 387. The van der Waals surface area contributed by atoms with Crippen molar-refractivity contribution in [1.82, 2.24) is 0 Å². The molecule has 1 rings (SSSR count). The molecule has 0 amide bonds. The maximum atomic E-state index is 13.0.